The smallest absolute Gasteiger partial charge is 0.458 e. The number of aliphatic carboxylic acids is 1. The second kappa shape index (κ2) is 6.53. The van der Waals surface area contributed by atoms with Crippen LogP contribution in [0.4, 0.5) is 27.6 Å². The molecule has 0 aromatic heterocycles. The molecule has 1 aromatic carbocycles. The van der Waals surface area contributed by atoms with Crippen LogP contribution in [0.2, 0.25) is 0 Å². The first kappa shape index (κ1) is 20.1. The summed E-state index contributed by atoms with van der Waals surface area (Å²) in [4.78, 5) is 43.6. The van der Waals surface area contributed by atoms with Crippen molar-refractivity contribution in [2.24, 2.45) is 5.92 Å². The number of benzene rings is 1. The van der Waals surface area contributed by atoms with Crippen molar-refractivity contribution in [3.8, 4) is 0 Å². The van der Waals surface area contributed by atoms with Gasteiger partial charge in [0.15, 0.2) is 17.5 Å². The molecule has 0 aliphatic carbocycles. The van der Waals surface area contributed by atoms with Crippen molar-refractivity contribution in [3.05, 3.63) is 39.4 Å². The van der Waals surface area contributed by atoms with Crippen LogP contribution in [0.1, 0.15) is 22.8 Å². The van der Waals surface area contributed by atoms with Crippen LogP contribution in [0.3, 0.4) is 0 Å². The van der Waals surface area contributed by atoms with E-state index in [-0.39, 0.29) is 18.2 Å². The average molecular weight is 369 g/mol. The van der Waals surface area contributed by atoms with E-state index in [0.717, 1.165) is 0 Å². The normalized spacial score (nSPS) is 13.2. The Morgan fingerprint density at radius 1 is 1.16 bits per heavy atom. The molecule has 0 bridgehead atoms. The Hall–Kier alpha value is -2.92. The maximum atomic E-state index is 13.3. The third-order valence-corrected chi connectivity index (χ3v) is 3.09. The van der Waals surface area contributed by atoms with Gasteiger partial charge in [-0.05, 0) is 13.0 Å². The Balaban J connectivity index is 3.56. The zero-order chi connectivity index (χ0) is 19.7. The predicted octanol–water partition coefficient (Wildman–Crippen LogP) is 2.72. The predicted molar refractivity (Wildman–Crippen MR) is 69.2 cm³/mol. The van der Waals surface area contributed by atoms with E-state index in [4.69, 9.17) is 5.11 Å². The van der Waals surface area contributed by atoms with Crippen LogP contribution >= 0.6 is 0 Å². The van der Waals surface area contributed by atoms with Crippen LogP contribution in [0.5, 0.6) is 0 Å². The third-order valence-electron chi connectivity index (χ3n) is 3.09. The van der Waals surface area contributed by atoms with Gasteiger partial charge in [-0.15, -0.1) is 0 Å². The van der Waals surface area contributed by atoms with Crippen LogP contribution in [0.25, 0.3) is 0 Å². The molecule has 7 nitrogen and oxygen atoms in total. The molecule has 1 unspecified atom stereocenters. The van der Waals surface area contributed by atoms with Gasteiger partial charge in [-0.2, -0.15) is 22.0 Å². The molecule has 25 heavy (non-hydrogen) atoms. The standard InChI is InChI=1S/C13H8F5NO6/c1-5(20)9(11(22)23)10(21)7-3-2-6(4-8(7)19(24)25)12(14,15)13(16,17)18/h2-4,9H,1H3,(H,22,23). The summed E-state index contributed by atoms with van der Waals surface area (Å²) >= 11 is 0. The fourth-order valence-corrected chi connectivity index (χ4v) is 1.88. The van der Waals surface area contributed by atoms with Crippen LogP contribution in [0, 0.1) is 16.0 Å². The molecule has 0 spiro atoms. The summed E-state index contributed by atoms with van der Waals surface area (Å²) in [6, 6.07) is 0.181. The highest BCUT2D eigenvalue weighted by molar-refractivity contribution is 6.22. The lowest BCUT2D eigenvalue weighted by molar-refractivity contribution is -0.385. The Bertz CT molecular complexity index is 744. The Morgan fingerprint density at radius 2 is 1.68 bits per heavy atom. The fourth-order valence-electron chi connectivity index (χ4n) is 1.88. The van der Waals surface area contributed by atoms with E-state index in [1.165, 1.54) is 0 Å². The largest absolute Gasteiger partial charge is 0.480 e. The van der Waals surface area contributed by atoms with Gasteiger partial charge in [0.1, 0.15) is 0 Å². The van der Waals surface area contributed by atoms with E-state index in [2.05, 4.69) is 0 Å². The summed E-state index contributed by atoms with van der Waals surface area (Å²) in [5, 5.41) is 19.7. The molecule has 1 rings (SSSR count). The third kappa shape index (κ3) is 3.78. The van der Waals surface area contributed by atoms with Crippen LogP contribution in [0.15, 0.2) is 18.2 Å². The van der Waals surface area contributed by atoms with Gasteiger partial charge >= 0.3 is 18.1 Å². The second-order valence-electron chi connectivity index (χ2n) is 4.81. The number of hydrogen-bond donors (Lipinski definition) is 1. The average Bonchev–Trinajstić information content (AvgIpc) is 2.44. The molecule has 0 amide bonds. The Morgan fingerprint density at radius 3 is 2.04 bits per heavy atom. The number of carbonyl (C=O) groups is 3. The van der Waals surface area contributed by atoms with E-state index < -0.39 is 57.3 Å². The zero-order valence-electron chi connectivity index (χ0n) is 12.1. The molecule has 0 saturated heterocycles. The number of alkyl halides is 5. The molecule has 0 saturated carbocycles. The molecule has 12 heteroatoms. The number of nitrogens with zero attached hydrogens (tertiary/aromatic N) is 1. The summed E-state index contributed by atoms with van der Waals surface area (Å²) in [6.45, 7) is 0.703. The lowest BCUT2D eigenvalue weighted by Crippen LogP contribution is -2.34. The maximum Gasteiger partial charge on any atom is 0.458 e. The number of halogens is 5. The summed E-state index contributed by atoms with van der Waals surface area (Å²) < 4.78 is 63.6. The van der Waals surface area contributed by atoms with Gasteiger partial charge in [0, 0.05) is 11.6 Å². The maximum absolute atomic E-state index is 13.3. The summed E-state index contributed by atoms with van der Waals surface area (Å²) in [5.41, 5.74) is -4.36. The molecule has 136 valence electrons. The second-order valence-corrected chi connectivity index (χ2v) is 4.81. The first-order chi connectivity index (χ1) is 11.2. The van der Waals surface area contributed by atoms with Gasteiger partial charge in [0.25, 0.3) is 5.69 Å². The molecule has 0 aliphatic heterocycles. The monoisotopic (exact) mass is 369 g/mol. The van der Waals surface area contributed by atoms with Gasteiger partial charge in [-0.3, -0.25) is 24.5 Å². The van der Waals surface area contributed by atoms with Crippen molar-refractivity contribution in [2.45, 2.75) is 19.0 Å². The highest BCUT2D eigenvalue weighted by atomic mass is 19.4. The lowest BCUT2D eigenvalue weighted by atomic mass is 9.92. The van der Waals surface area contributed by atoms with Crippen molar-refractivity contribution >= 4 is 23.2 Å². The van der Waals surface area contributed by atoms with E-state index >= 15 is 0 Å². The molecular formula is C13H8F5NO6. The van der Waals surface area contributed by atoms with Crippen molar-refractivity contribution in [2.75, 3.05) is 0 Å². The van der Waals surface area contributed by atoms with Crippen molar-refractivity contribution in [1.29, 1.82) is 0 Å². The number of carboxylic acids is 1. The minimum absolute atomic E-state index is 0.104. The fraction of sp³-hybridized carbons (Fsp3) is 0.308. The molecule has 0 radical (unpaired) electrons. The SMILES string of the molecule is CC(=O)C(C(=O)O)C(=O)c1ccc(C(F)(F)C(F)(F)F)cc1[N+](=O)[O-]. The molecule has 1 atom stereocenters. The van der Waals surface area contributed by atoms with E-state index in [0.29, 0.717) is 6.92 Å². The number of ketones is 2. The summed E-state index contributed by atoms with van der Waals surface area (Å²) in [6.07, 6.45) is -6.05. The first-order valence-electron chi connectivity index (χ1n) is 6.22. The Kier molecular flexibility index (Phi) is 5.26. The minimum atomic E-state index is -6.05. The minimum Gasteiger partial charge on any atom is -0.480 e. The number of nitro benzene ring substituents is 1. The van der Waals surface area contributed by atoms with E-state index in [9.17, 15) is 46.5 Å². The van der Waals surface area contributed by atoms with Crippen LogP contribution in [-0.4, -0.2) is 33.7 Å². The van der Waals surface area contributed by atoms with Gasteiger partial charge in [-0.25, -0.2) is 0 Å². The number of hydrogen-bond acceptors (Lipinski definition) is 5. The molecule has 1 N–H and O–H groups in total. The van der Waals surface area contributed by atoms with Gasteiger partial charge in [-0.1, -0.05) is 6.07 Å². The topological polar surface area (TPSA) is 115 Å². The molecule has 1 aromatic rings. The van der Waals surface area contributed by atoms with Gasteiger partial charge in [0.2, 0.25) is 0 Å². The zero-order valence-corrected chi connectivity index (χ0v) is 12.1. The number of Topliss-reactive ketones (excluding diaryl/α,β-unsaturated/α-hetero) is 2. The lowest BCUT2D eigenvalue weighted by Gasteiger charge is -2.20. The first-order valence-corrected chi connectivity index (χ1v) is 6.22. The van der Waals surface area contributed by atoms with E-state index in [1.54, 1.807) is 0 Å². The molecule has 0 fully saturated rings. The quantitative estimate of drug-likeness (QED) is 0.271. The number of nitro groups is 1. The van der Waals surface area contributed by atoms with Crippen molar-refractivity contribution in [3.63, 3.8) is 0 Å². The van der Waals surface area contributed by atoms with Gasteiger partial charge < -0.3 is 5.11 Å². The van der Waals surface area contributed by atoms with Crippen molar-refractivity contribution in [1.82, 2.24) is 0 Å². The molecule has 0 aliphatic rings. The van der Waals surface area contributed by atoms with E-state index in [1.807, 2.05) is 0 Å². The number of rotatable bonds is 6. The summed E-state index contributed by atoms with van der Waals surface area (Å²) in [7, 11) is 0. The van der Waals surface area contributed by atoms with Crippen LogP contribution < -0.4 is 0 Å². The Labute approximate surface area is 135 Å². The molecule has 0 heterocycles. The number of carbonyl (C=O) groups excluding carboxylic acids is 2. The summed E-state index contributed by atoms with van der Waals surface area (Å²) in [5.74, 6) is -12.5. The van der Waals surface area contributed by atoms with Gasteiger partial charge in [0.05, 0.1) is 10.5 Å². The molecular weight excluding hydrogens is 361 g/mol. The highest BCUT2D eigenvalue weighted by Gasteiger charge is 2.59. The van der Waals surface area contributed by atoms with Crippen molar-refractivity contribution < 1.29 is 46.4 Å². The highest BCUT2D eigenvalue weighted by Crippen LogP contribution is 2.45. The number of carboxylic acid groups (broad SMARTS) is 1. The van der Waals surface area contributed by atoms with Crippen LogP contribution in [-0.2, 0) is 15.5 Å².